The van der Waals surface area contributed by atoms with Gasteiger partial charge in [0.15, 0.2) is 6.61 Å². The van der Waals surface area contributed by atoms with E-state index in [2.05, 4.69) is 27.7 Å². The second-order valence-corrected chi connectivity index (χ2v) is 6.99. The van der Waals surface area contributed by atoms with Crippen LogP contribution < -0.4 is 15.4 Å². The van der Waals surface area contributed by atoms with Crippen LogP contribution in [0, 0.1) is 0 Å². The molecule has 148 valence electrons. The van der Waals surface area contributed by atoms with E-state index in [9.17, 15) is 9.59 Å². The molecule has 1 aliphatic heterocycles. The Bertz CT molecular complexity index is 777. The largest absolute Gasteiger partial charge is 0.484 e. The molecule has 1 atom stereocenters. The lowest BCUT2D eigenvalue weighted by molar-refractivity contribution is -0.123. The number of nitrogens with zero attached hydrogens (tertiary/aromatic N) is 1. The molecule has 0 radical (unpaired) electrons. The topological polar surface area (TPSA) is 70.7 Å². The SMILES string of the molecule is CCC(=O)Nc1ccc(OCC(=O)N[C@H]2CCN(Cc3ccccc3)C2)cc1. The predicted octanol–water partition coefficient (Wildman–Crippen LogP) is 2.80. The van der Waals surface area contributed by atoms with Gasteiger partial charge in [0.05, 0.1) is 0 Å². The van der Waals surface area contributed by atoms with Crippen molar-refractivity contribution in [2.75, 3.05) is 25.0 Å². The van der Waals surface area contributed by atoms with Crippen molar-refractivity contribution in [1.82, 2.24) is 10.2 Å². The fourth-order valence-electron chi connectivity index (χ4n) is 3.24. The van der Waals surface area contributed by atoms with Crippen LogP contribution in [0.1, 0.15) is 25.3 Å². The fraction of sp³-hybridized carbons (Fsp3) is 0.364. The molecular weight excluding hydrogens is 354 g/mol. The lowest BCUT2D eigenvalue weighted by Crippen LogP contribution is -2.39. The number of nitrogens with one attached hydrogen (secondary N) is 2. The molecule has 0 aromatic heterocycles. The van der Waals surface area contributed by atoms with Gasteiger partial charge in [-0.15, -0.1) is 0 Å². The van der Waals surface area contributed by atoms with Crippen LogP contribution in [-0.2, 0) is 16.1 Å². The normalized spacial score (nSPS) is 16.5. The van der Waals surface area contributed by atoms with Gasteiger partial charge in [0.1, 0.15) is 5.75 Å². The number of likely N-dealkylation sites (tertiary alicyclic amines) is 1. The molecule has 0 unspecified atom stereocenters. The van der Waals surface area contributed by atoms with Crippen LogP contribution in [0.5, 0.6) is 5.75 Å². The van der Waals surface area contributed by atoms with Crippen LogP contribution in [0.4, 0.5) is 5.69 Å². The molecule has 1 saturated heterocycles. The predicted molar refractivity (Wildman–Crippen MR) is 109 cm³/mol. The summed E-state index contributed by atoms with van der Waals surface area (Å²) in [5.74, 6) is 0.447. The highest BCUT2D eigenvalue weighted by Crippen LogP contribution is 2.16. The molecule has 2 aromatic rings. The van der Waals surface area contributed by atoms with Crippen molar-refractivity contribution in [2.45, 2.75) is 32.4 Å². The molecule has 2 N–H and O–H groups in total. The maximum absolute atomic E-state index is 12.2. The summed E-state index contributed by atoms with van der Waals surface area (Å²) in [6.45, 7) is 4.52. The van der Waals surface area contributed by atoms with Gasteiger partial charge in [-0.05, 0) is 36.2 Å². The molecule has 1 aliphatic rings. The molecular formula is C22H27N3O3. The summed E-state index contributed by atoms with van der Waals surface area (Å²) in [7, 11) is 0. The van der Waals surface area contributed by atoms with Crippen LogP contribution in [0.25, 0.3) is 0 Å². The van der Waals surface area contributed by atoms with Crippen LogP contribution in [0.2, 0.25) is 0 Å². The van der Waals surface area contributed by atoms with Crippen molar-refractivity contribution in [3.05, 3.63) is 60.2 Å². The molecule has 28 heavy (non-hydrogen) atoms. The zero-order valence-electron chi connectivity index (χ0n) is 16.2. The summed E-state index contributed by atoms with van der Waals surface area (Å²) in [6.07, 6.45) is 1.38. The molecule has 0 aliphatic carbocycles. The number of benzene rings is 2. The molecule has 0 saturated carbocycles. The van der Waals surface area contributed by atoms with Crippen molar-refractivity contribution in [3.63, 3.8) is 0 Å². The van der Waals surface area contributed by atoms with Crippen LogP contribution in [-0.4, -0.2) is 42.5 Å². The van der Waals surface area contributed by atoms with E-state index in [4.69, 9.17) is 4.74 Å². The summed E-state index contributed by atoms with van der Waals surface area (Å²) in [5.41, 5.74) is 2.00. The van der Waals surface area contributed by atoms with E-state index in [1.54, 1.807) is 31.2 Å². The second-order valence-electron chi connectivity index (χ2n) is 6.99. The van der Waals surface area contributed by atoms with Crippen molar-refractivity contribution in [1.29, 1.82) is 0 Å². The minimum atomic E-state index is -0.116. The number of amides is 2. The number of anilines is 1. The first-order valence-electron chi connectivity index (χ1n) is 9.70. The van der Waals surface area contributed by atoms with Gasteiger partial charge < -0.3 is 15.4 Å². The Morgan fingerprint density at radius 1 is 1.07 bits per heavy atom. The molecule has 3 rings (SSSR count). The minimum Gasteiger partial charge on any atom is -0.484 e. The molecule has 0 bridgehead atoms. The zero-order valence-corrected chi connectivity index (χ0v) is 16.2. The monoisotopic (exact) mass is 381 g/mol. The second kappa shape index (κ2) is 9.90. The Labute approximate surface area is 165 Å². The fourth-order valence-corrected chi connectivity index (χ4v) is 3.24. The van der Waals surface area contributed by atoms with E-state index in [0.717, 1.165) is 26.1 Å². The quantitative estimate of drug-likeness (QED) is 0.738. The number of carbonyl (C=O) groups excluding carboxylic acids is 2. The Morgan fingerprint density at radius 3 is 2.54 bits per heavy atom. The van der Waals surface area contributed by atoms with E-state index < -0.39 is 0 Å². The number of rotatable bonds is 8. The highest BCUT2D eigenvalue weighted by Gasteiger charge is 2.23. The van der Waals surface area contributed by atoms with Gasteiger partial charge in [0.25, 0.3) is 5.91 Å². The van der Waals surface area contributed by atoms with Gasteiger partial charge in [-0.1, -0.05) is 37.3 Å². The maximum Gasteiger partial charge on any atom is 0.258 e. The lowest BCUT2D eigenvalue weighted by atomic mass is 10.2. The van der Waals surface area contributed by atoms with Crippen LogP contribution in [0.3, 0.4) is 0 Å². The van der Waals surface area contributed by atoms with Gasteiger partial charge in [-0.3, -0.25) is 14.5 Å². The molecule has 0 spiro atoms. The molecule has 2 aromatic carbocycles. The van der Waals surface area contributed by atoms with E-state index in [0.29, 0.717) is 17.9 Å². The van der Waals surface area contributed by atoms with Crippen LogP contribution in [0.15, 0.2) is 54.6 Å². The number of carbonyl (C=O) groups is 2. The average molecular weight is 381 g/mol. The Morgan fingerprint density at radius 2 is 1.82 bits per heavy atom. The highest BCUT2D eigenvalue weighted by atomic mass is 16.5. The van der Waals surface area contributed by atoms with E-state index in [-0.39, 0.29) is 24.5 Å². The summed E-state index contributed by atoms with van der Waals surface area (Å²) in [5, 5.41) is 5.82. The molecule has 1 fully saturated rings. The van der Waals surface area contributed by atoms with Gasteiger partial charge in [-0.2, -0.15) is 0 Å². The molecule has 1 heterocycles. The Balaban J connectivity index is 1.38. The van der Waals surface area contributed by atoms with Gasteiger partial charge in [0.2, 0.25) is 5.91 Å². The first-order chi connectivity index (χ1) is 13.6. The lowest BCUT2D eigenvalue weighted by Gasteiger charge is -2.17. The highest BCUT2D eigenvalue weighted by molar-refractivity contribution is 5.90. The first-order valence-corrected chi connectivity index (χ1v) is 9.70. The Hall–Kier alpha value is -2.86. The first kappa shape index (κ1) is 19.9. The third kappa shape index (κ3) is 6.09. The van der Waals surface area contributed by atoms with Crippen molar-refractivity contribution in [3.8, 4) is 5.75 Å². The molecule has 6 heteroatoms. The third-order valence-corrected chi connectivity index (χ3v) is 4.72. The van der Waals surface area contributed by atoms with Crippen molar-refractivity contribution < 1.29 is 14.3 Å². The number of hydrogen-bond acceptors (Lipinski definition) is 4. The van der Waals surface area contributed by atoms with Gasteiger partial charge in [-0.25, -0.2) is 0 Å². The summed E-state index contributed by atoms with van der Waals surface area (Å²) >= 11 is 0. The smallest absolute Gasteiger partial charge is 0.258 e. The minimum absolute atomic E-state index is 0.0180. The van der Waals surface area contributed by atoms with Crippen molar-refractivity contribution >= 4 is 17.5 Å². The van der Waals surface area contributed by atoms with E-state index in [1.807, 2.05) is 18.2 Å². The zero-order chi connectivity index (χ0) is 19.8. The van der Waals surface area contributed by atoms with E-state index >= 15 is 0 Å². The standard InChI is InChI=1S/C22H27N3O3/c1-2-21(26)23-18-8-10-20(11-9-18)28-16-22(27)24-19-12-13-25(15-19)14-17-6-4-3-5-7-17/h3-11,19H,2,12-16H2,1H3,(H,23,26)(H,24,27)/t19-/m0/s1. The number of ether oxygens (including phenoxy) is 1. The Kier molecular flexibility index (Phi) is 7.03. The molecule has 2 amide bonds. The number of hydrogen-bond donors (Lipinski definition) is 2. The van der Waals surface area contributed by atoms with Gasteiger partial charge in [0, 0.05) is 37.8 Å². The van der Waals surface area contributed by atoms with Gasteiger partial charge >= 0.3 is 0 Å². The summed E-state index contributed by atoms with van der Waals surface area (Å²) in [6, 6.07) is 17.5. The third-order valence-electron chi connectivity index (χ3n) is 4.72. The summed E-state index contributed by atoms with van der Waals surface area (Å²) < 4.78 is 5.55. The van der Waals surface area contributed by atoms with Crippen molar-refractivity contribution in [2.24, 2.45) is 0 Å². The summed E-state index contributed by atoms with van der Waals surface area (Å²) in [4.78, 5) is 25.9. The average Bonchev–Trinajstić information content (AvgIpc) is 3.14. The van der Waals surface area contributed by atoms with E-state index in [1.165, 1.54) is 5.56 Å². The van der Waals surface area contributed by atoms with Crippen LogP contribution >= 0.6 is 0 Å². The maximum atomic E-state index is 12.2. The molecule has 6 nitrogen and oxygen atoms in total.